The monoisotopic (exact) mass is 343 g/mol. The summed E-state index contributed by atoms with van der Waals surface area (Å²) in [6.07, 6.45) is 4.14. The molecule has 0 unspecified atom stereocenters. The van der Waals surface area contributed by atoms with Crippen LogP contribution in [0.1, 0.15) is 73.9 Å². The molecule has 24 heavy (non-hydrogen) atoms. The third-order valence-corrected chi connectivity index (χ3v) is 3.89. The average Bonchev–Trinajstić information content (AvgIpc) is 2.83. The van der Waals surface area contributed by atoms with Crippen molar-refractivity contribution in [1.29, 1.82) is 0 Å². The van der Waals surface area contributed by atoms with Crippen molar-refractivity contribution >= 4 is 0 Å². The maximum atomic E-state index is 6.10. The van der Waals surface area contributed by atoms with Gasteiger partial charge in [0.25, 0.3) is 0 Å². The summed E-state index contributed by atoms with van der Waals surface area (Å²) in [5.74, 6) is 0.638. The number of hydrogen-bond acceptors (Lipinski definition) is 4. The second-order valence-corrected chi connectivity index (χ2v) is 8.33. The normalized spacial score (nSPS) is 12.8. The maximum absolute atomic E-state index is 6.10. The molecule has 1 aromatic rings. The molecule has 0 saturated heterocycles. The highest BCUT2D eigenvalue weighted by atomic mass is 16.5. The maximum Gasteiger partial charge on any atom is 0.141 e. The zero-order chi connectivity index (χ0) is 17.7. The molecule has 0 saturated carbocycles. The highest BCUT2D eigenvalue weighted by Gasteiger charge is 2.26. The fourth-order valence-electron chi connectivity index (χ4n) is 2.65. The van der Waals surface area contributed by atoms with Crippen molar-refractivity contribution in [2.75, 3.05) is 6.61 Å². The molecule has 142 valence electrons. The van der Waals surface area contributed by atoms with Crippen LogP contribution in [0.25, 0.3) is 0 Å². The van der Waals surface area contributed by atoms with E-state index in [-0.39, 0.29) is 22.6 Å². The van der Waals surface area contributed by atoms with Gasteiger partial charge < -0.3 is 14.9 Å². The Morgan fingerprint density at radius 3 is 2.29 bits per heavy atom. The quantitative estimate of drug-likeness (QED) is 0.652. The Bertz CT molecular complexity index is 468. The van der Waals surface area contributed by atoms with E-state index in [0.29, 0.717) is 12.6 Å². The molecule has 0 amide bonds. The molecule has 0 aromatic carbocycles. The molecule has 0 aliphatic rings. The van der Waals surface area contributed by atoms with Crippen LogP contribution in [0.5, 0.6) is 0 Å². The molecule has 0 radical (unpaired) electrons. The first-order valence-corrected chi connectivity index (χ1v) is 8.68. The van der Waals surface area contributed by atoms with Crippen LogP contribution in [-0.2, 0) is 21.6 Å². The Hall–Kier alpha value is -0.980. The molecule has 1 rings (SSSR count). The number of rotatable bonds is 10. The summed E-state index contributed by atoms with van der Waals surface area (Å²) in [6, 6.07) is 0. The first-order valence-electron chi connectivity index (χ1n) is 8.68. The highest BCUT2D eigenvalue weighted by Crippen LogP contribution is 2.27. The van der Waals surface area contributed by atoms with Crippen molar-refractivity contribution < 1.29 is 14.9 Å². The molecule has 6 heteroatoms. The first-order chi connectivity index (χ1) is 10.5. The lowest BCUT2D eigenvalue weighted by Crippen LogP contribution is -2.29. The van der Waals surface area contributed by atoms with Gasteiger partial charge in [-0.3, -0.25) is 0 Å². The van der Waals surface area contributed by atoms with Crippen molar-refractivity contribution in [3.63, 3.8) is 0 Å². The van der Waals surface area contributed by atoms with E-state index in [4.69, 9.17) is 9.47 Å². The Kier molecular flexibility index (Phi) is 9.10. The number of nitrogens with zero attached hydrogens (tertiary/aromatic N) is 3. The largest absolute Gasteiger partial charge is 0.412 e. The van der Waals surface area contributed by atoms with Crippen LogP contribution >= 0.6 is 0 Å². The summed E-state index contributed by atoms with van der Waals surface area (Å²) >= 11 is 0. The molecule has 0 aliphatic heterocycles. The predicted molar refractivity (Wildman–Crippen MR) is 97.0 cm³/mol. The Labute approximate surface area is 147 Å². The number of hydrogen-bond donors (Lipinski definition) is 0. The molecule has 1 heterocycles. The van der Waals surface area contributed by atoms with Crippen LogP contribution in [0.15, 0.2) is 6.20 Å². The lowest BCUT2D eigenvalue weighted by Gasteiger charge is -2.29. The third kappa shape index (κ3) is 8.22. The molecular weight excluding hydrogens is 306 g/mol. The van der Waals surface area contributed by atoms with Crippen molar-refractivity contribution in [3.05, 3.63) is 11.9 Å². The predicted octanol–water partition coefficient (Wildman–Crippen LogP) is 3.34. The standard InChI is InChI=1S/C18H35N3O2.H2O/c1-14(2)11-18(7,8)23-10-9-17(5,6)16-12-21(20-19-16)13-22-15(3)4;/h12,14-15H,9-11,13H2,1-8H3;1H2. The molecular formula is C18H37N3O3. The van der Waals surface area contributed by atoms with Gasteiger partial charge in [-0.1, -0.05) is 32.9 Å². The SMILES string of the molecule is CC(C)CC(C)(C)OCCC(C)(C)c1cn(COC(C)C)nn1.O. The Morgan fingerprint density at radius 2 is 1.75 bits per heavy atom. The van der Waals surface area contributed by atoms with E-state index < -0.39 is 0 Å². The van der Waals surface area contributed by atoms with Crippen LogP contribution in [0, 0.1) is 5.92 Å². The molecule has 0 fully saturated rings. The minimum atomic E-state index is -0.0764. The van der Waals surface area contributed by atoms with Gasteiger partial charge >= 0.3 is 0 Å². The second-order valence-electron chi connectivity index (χ2n) is 8.33. The van der Waals surface area contributed by atoms with E-state index in [1.165, 1.54) is 0 Å². The fraction of sp³-hybridized carbons (Fsp3) is 0.889. The van der Waals surface area contributed by atoms with Gasteiger partial charge in [-0.15, -0.1) is 5.10 Å². The summed E-state index contributed by atoms with van der Waals surface area (Å²) in [5, 5.41) is 8.46. The van der Waals surface area contributed by atoms with Crippen LogP contribution in [0.4, 0.5) is 0 Å². The Morgan fingerprint density at radius 1 is 1.12 bits per heavy atom. The average molecular weight is 344 g/mol. The second kappa shape index (κ2) is 9.49. The van der Waals surface area contributed by atoms with E-state index in [2.05, 4.69) is 51.9 Å². The lowest BCUT2D eigenvalue weighted by atomic mass is 9.86. The van der Waals surface area contributed by atoms with E-state index in [0.717, 1.165) is 25.1 Å². The third-order valence-electron chi connectivity index (χ3n) is 3.89. The van der Waals surface area contributed by atoms with E-state index in [1.807, 2.05) is 20.0 Å². The number of ether oxygens (including phenoxy) is 2. The summed E-state index contributed by atoms with van der Waals surface area (Å²) in [5.41, 5.74) is 0.840. The number of aromatic nitrogens is 3. The van der Waals surface area contributed by atoms with Crippen molar-refractivity contribution in [2.45, 2.75) is 92.1 Å². The molecule has 0 spiro atoms. The van der Waals surface area contributed by atoms with Crippen LogP contribution in [0.2, 0.25) is 0 Å². The van der Waals surface area contributed by atoms with Crippen LogP contribution in [-0.4, -0.2) is 38.8 Å². The van der Waals surface area contributed by atoms with Crippen molar-refractivity contribution in [3.8, 4) is 0 Å². The first kappa shape index (κ1) is 23.0. The summed E-state index contributed by atoms with van der Waals surface area (Å²) in [4.78, 5) is 0. The van der Waals surface area contributed by atoms with E-state index in [1.54, 1.807) is 4.68 Å². The zero-order valence-corrected chi connectivity index (χ0v) is 16.7. The summed E-state index contributed by atoms with van der Waals surface area (Å²) in [7, 11) is 0. The lowest BCUT2D eigenvalue weighted by molar-refractivity contribution is -0.0372. The van der Waals surface area contributed by atoms with Crippen molar-refractivity contribution in [1.82, 2.24) is 15.0 Å². The van der Waals surface area contributed by atoms with Gasteiger partial charge in [-0.2, -0.15) is 0 Å². The smallest absolute Gasteiger partial charge is 0.141 e. The van der Waals surface area contributed by atoms with E-state index in [9.17, 15) is 0 Å². The van der Waals surface area contributed by atoms with Crippen molar-refractivity contribution in [2.24, 2.45) is 5.92 Å². The molecule has 6 nitrogen and oxygen atoms in total. The summed E-state index contributed by atoms with van der Waals surface area (Å²) in [6.45, 7) is 18.3. The Balaban J connectivity index is 0.00000529. The molecule has 1 aromatic heterocycles. The highest BCUT2D eigenvalue weighted by molar-refractivity contribution is 5.08. The van der Waals surface area contributed by atoms with Gasteiger partial charge in [0.15, 0.2) is 0 Å². The van der Waals surface area contributed by atoms with Gasteiger partial charge in [0.1, 0.15) is 6.73 Å². The van der Waals surface area contributed by atoms with Crippen LogP contribution in [0.3, 0.4) is 0 Å². The van der Waals surface area contributed by atoms with Gasteiger partial charge in [0, 0.05) is 12.0 Å². The van der Waals surface area contributed by atoms with Gasteiger partial charge in [-0.05, 0) is 46.5 Å². The minimum Gasteiger partial charge on any atom is -0.412 e. The summed E-state index contributed by atoms with van der Waals surface area (Å²) < 4.78 is 13.4. The minimum absolute atomic E-state index is 0. The van der Waals surface area contributed by atoms with Gasteiger partial charge in [0.2, 0.25) is 0 Å². The van der Waals surface area contributed by atoms with Gasteiger partial charge in [0.05, 0.1) is 23.6 Å². The van der Waals surface area contributed by atoms with Crippen LogP contribution < -0.4 is 0 Å². The molecule has 0 aliphatic carbocycles. The van der Waals surface area contributed by atoms with Gasteiger partial charge in [-0.25, -0.2) is 4.68 Å². The van der Waals surface area contributed by atoms with E-state index >= 15 is 0 Å². The molecule has 2 N–H and O–H groups in total. The molecule has 0 atom stereocenters. The zero-order valence-electron chi connectivity index (χ0n) is 16.7. The topological polar surface area (TPSA) is 80.7 Å². The molecule has 0 bridgehead atoms. The fourth-order valence-corrected chi connectivity index (χ4v) is 2.65.